The molecule has 0 N–H and O–H groups in total. The maximum absolute atomic E-state index is 6.90. The number of aromatic nitrogens is 5. The zero-order valence-corrected chi connectivity index (χ0v) is 48.2. The molecule has 0 atom stereocenters. The van der Waals surface area contributed by atoms with E-state index in [4.69, 9.17) is 9.72 Å². The minimum atomic E-state index is -0.256. The van der Waals surface area contributed by atoms with Crippen LogP contribution in [0.15, 0.2) is 194 Å². The molecule has 7 heteroatoms. The van der Waals surface area contributed by atoms with Crippen LogP contribution in [0, 0.1) is 18.5 Å². The van der Waals surface area contributed by atoms with Gasteiger partial charge in [-0.05, 0) is 120 Å². The van der Waals surface area contributed by atoms with Gasteiger partial charge in [0.1, 0.15) is 5.82 Å². The van der Waals surface area contributed by atoms with Gasteiger partial charge in [0.15, 0.2) is 0 Å². The van der Waals surface area contributed by atoms with Crippen LogP contribution in [-0.2, 0) is 37.3 Å². The normalized spacial score (nSPS) is 12.5. The number of para-hydroxylation sites is 3. The first-order chi connectivity index (χ1) is 37.6. The minimum absolute atomic E-state index is 0. The fourth-order valence-electron chi connectivity index (χ4n) is 12.0. The van der Waals surface area contributed by atoms with Crippen molar-refractivity contribution in [2.24, 2.45) is 0 Å². The third-order valence-electron chi connectivity index (χ3n) is 15.9. The van der Waals surface area contributed by atoms with Gasteiger partial charge < -0.3 is 18.4 Å². The van der Waals surface area contributed by atoms with Crippen molar-refractivity contribution >= 4 is 54.6 Å². The van der Waals surface area contributed by atoms with Gasteiger partial charge in [-0.15, -0.1) is 29.7 Å². The average Bonchev–Trinajstić information content (AvgIpc) is 4.14. The van der Waals surface area contributed by atoms with Gasteiger partial charge in [0.2, 0.25) is 0 Å². The van der Waals surface area contributed by atoms with E-state index < -0.39 is 0 Å². The molecule has 5 heterocycles. The van der Waals surface area contributed by atoms with E-state index in [1.807, 2.05) is 18.3 Å². The molecule has 0 saturated carbocycles. The topological polar surface area (TPSA) is 40.8 Å². The Balaban J connectivity index is 0.00000591. The van der Waals surface area contributed by atoms with Crippen molar-refractivity contribution in [3.63, 3.8) is 0 Å². The van der Waals surface area contributed by atoms with E-state index in [1.54, 1.807) is 0 Å². The van der Waals surface area contributed by atoms with Crippen molar-refractivity contribution in [3.05, 3.63) is 229 Å². The number of rotatable bonds is 5. The molecule has 0 radical (unpaired) electrons. The number of hydrogen-bond acceptors (Lipinski definition) is 2. The van der Waals surface area contributed by atoms with E-state index in [1.165, 1.54) is 49.7 Å². The Morgan fingerprint density at radius 1 is 0.443 bits per heavy atom. The first-order valence-electron chi connectivity index (χ1n) is 27.1. The van der Waals surface area contributed by atoms with Gasteiger partial charge in [-0.25, -0.2) is 4.98 Å². The molecule has 0 aliphatic carbocycles. The van der Waals surface area contributed by atoms with E-state index in [0.29, 0.717) is 11.5 Å². The number of imidazole rings is 1. The van der Waals surface area contributed by atoms with Crippen molar-refractivity contribution in [3.8, 4) is 67.8 Å². The Morgan fingerprint density at radius 2 is 1.00 bits per heavy atom. The molecule has 9 aromatic carbocycles. The summed E-state index contributed by atoms with van der Waals surface area (Å²) in [6.45, 7) is 20.7. The zero-order valence-electron chi connectivity index (χ0n) is 45.9. The molecule has 79 heavy (non-hydrogen) atoms. The van der Waals surface area contributed by atoms with Crippen molar-refractivity contribution in [2.45, 2.75) is 78.6 Å². The minimum Gasteiger partial charge on any atom is -0.510 e. The number of benzene rings is 9. The molecule has 390 valence electrons. The summed E-state index contributed by atoms with van der Waals surface area (Å²) in [4.78, 5) is 4.93. The maximum atomic E-state index is 6.90. The molecule has 4 aromatic heterocycles. The Labute approximate surface area is 476 Å². The standard InChI is InChI=1S/C72H59N5O.Pt/c1-70(2,3)45-35-36-73-67(39-45)77-64-32-19-16-29-57(64)58-34-33-50(43-65(58)77)78-49-22-20-21-47(40-49)74-44-75-68-59(37-46(71(4,5)6)38-61(68)72(7,8)9)53-25-12-10-23-51(53)52-24-11-13-26-54(52)60-41-48(42-66(74)69(60)75)76-62-30-17-14-27-55(62)56-28-15-18-31-63(56)76;/h10-39,41-42H,1-9H3;/q-2;. The Kier molecular flexibility index (Phi) is 11.7. The van der Waals surface area contributed by atoms with Crippen LogP contribution in [-0.4, -0.2) is 18.7 Å². The second-order valence-corrected chi connectivity index (χ2v) is 24.1. The summed E-state index contributed by atoms with van der Waals surface area (Å²) < 4.78 is 16.1. The summed E-state index contributed by atoms with van der Waals surface area (Å²) in [6.07, 6.45) is 5.98. The molecule has 0 amide bonds. The van der Waals surface area contributed by atoms with Gasteiger partial charge in [0, 0.05) is 60.7 Å². The zero-order chi connectivity index (χ0) is 53.4. The fourth-order valence-corrected chi connectivity index (χ4v) is 12.0. The van der Waals surface area contributed by atoms with Crippen LogP contribution in [0.2, 0.25) is 0 Å². The second kappa shape index (κ2) is 18.4. The molecule has 6 nitrogen and oxygen atoms in total. The quantitative estimate of drug-likeness (QED) is 0.127. The summed E-state index contributed by atoms with van der Waals surface area (Å²) in [7, 11) is 0. The van der Waals surface area contributed by atoms with Crippen molar-refractivity contribution in [1.29, 1.82) is 0 Å². The van der Waals surface area contributed by atoms with Crippen LogP contribution in [0.3, 0.4) is 0 Å². The monoisotopic (exact) mass is 1200 g/mol. The molecule has 1 aliphatic heterocycles. The van der Waals surface area contributed by atoms with E-state index in [0.717, 1.165) is 77.9 Å². The van der Waals surface area contributed by atoms with Gasteiger partial charge in [-0.3, -0.25) is 4.57 Å². The van der Waals surface area contributed by atoms with Crippen molar-refractivity contribution < 1.29 is 30.4 Å². The molecular weight excluding hydrogens is 1150 g/mol. The fraction of sp³-hybridized carbons (Fsp3) is 0.167. The molecule has 0 spiro atoms. The van der Waals surface area contributed by atoms with Gasteiger partial charge >= 0.3 is 0 Å². The molecule has 1 aliphatic rings. The Morgan fingerprint density at radius 3 is 1.62 bits per heavy atom. The smallest absolute Gasteiger partial charge is 0.268 e. The van der Waals surface area contributed by atoms with Gasteiger partial charge in [0.05, 0.1) is 27.8 Å². The van der Waals surface area contributed by atoms with Gasteiger partial charge in [0.25, 0.3) is 6.33 Å². The maximum Gasteiger partial charge on any atom is 0.268 e. The summed E-state index contributed by atoms with van der Waals surface area (Å²) in [5.41, 5.74) is 19.5. The van der Waals surface area contributed by atoms with Crippen LogP contribution in [0.5, 0.6) is 11.5 Å². The van der Waals surface area contributed by atoms with E-state index >= 15 is 0 Å². The van der Waals surface area contributed by atoms with Crippen LogP contribution in [0.25, 0.3) is 111 Å². The molecule has 0 bridgehead atoms. The summed E-state index contributed by atoms with van der Waals surface area (Å²) in [5.74, 6) is 1.98. The second-order valence-electron chi connectivity index (χ2n) is 24.1. The van der Waals surface area contributed by atoms with Crippen LogP contribution in [0.4, 0.5) is 0 Å². The summed E-state index contributed by atoms with van der Waals surface area (Å²) in [5, 5.41) is 4.63. The number of pyridine rings is 1. The first kappa shape index (κ1) is 50.2. The Bertz CT molecular complexity index is 4550. The molecule has 13 aromatic rings. The van der Waals surface area contributed by atoms with Crippen LogP contribution < -0.4 is 9.30 Å². The molecule has 0 unspecified atom stereocenters. The summed E-state index contributed by atoms with van der Waals surface area (Å²) >= 11 is 0. The van der Waals surface area contributed by atoms with E-state index in [2.05, 4.69) is 275 Å². The van der Waals surface area contributed by atoms with Crippen LogP contribution in [0.1, 0.15) is 79.0 Å². The van der Waals surface area contributed by atoms with Gasteiger partial charge in [-0.1, -0.05) is 183 Å². The van der Waals surface area contributed by atoms with E-state index in [-0.39, 0.29) is 37.3 Å². The predicted octanol–water partition coefficient (Wildman–Crippen LogP) is 17.9. The third kappa shape index (κ3) is 8.17. The number of nitrogens with zero attached hydrogens (tertiary/aromatic N) is 5. The average molecular weight is 1210 g/mol. The number of hydrogen-bond donors (Lipinski definition) is 0. The Hall–Kier alpha value is -8.31. The third-order valence-corrected chi connectivity index (χ3v) is 15.9. The first-order valence-corrected chi connectivity index (χ1v) is 27.1. The molecule has 0 saturated heterocycles. The summed E-state index contributed by atoms with van der Waals surface area (Å²) in [6, 6.07) is 75.6. The largest absolute Gasteiger partial charge is 0.510 e. The van der Waals surface area contributed by atoms with Crippen molar-refractivity contribution in [2.75, 3.05) is 0 Å². The van der Waals surface area contributed by atoms with Crippen molar-refractivity contribution in [1.82, 2.24) is 18.7 Å². The number of fused-ring (bicyclic) bond motifs is 13. The number of ether oxygens (including phenoxy) is 1. The van der Waals surface area contributed by atoms with E-state index in [9.17, 15) is 0 Å². The molecule has 14 rings (SSSR count). The SMILES string of the molecule is CC(C)(C)c1ccnc(-n2c3[c-]c(Oc4[c-]c(-n5[c-][n+]6c7c(cc(-n8c9ccccc9c9ccccc98)cc75)-c5ccccc5-c5ccccc5-c5cc(C(C)(C)C)cc(C(C)(C)C)c5-6)ccc4)ccc3c3ccccc32)c1.[Pt]. The van der Waals surface area contributed by atoms with Gasteiger partial charge in [-0.2, -0.15) is 18.2 Å². The predicted molar refractivity (Wildman–Crippen MR) is 320 cm³/mol. The molecular formula is C72H59N5OPt-2. The molecule has 0 fully saturated rings. The van der Waals surface area contributed by atoms with Crippen LogP contribution >= 0.6 is 0 Å².